The Labute approximate surface area is 159 Å². The third kappa shape index (κ3) is 4.77. The van der Waals surface area contributed by atoms with E-state index in [1.165, 1.54) is 0 Å². The first kappa shape index (κ1) is 20.3. The number of aryl methyl sites for hydroxylation is 1. The molecular formula is C20H27N3O2S. The van der Waals surface area contributed by atoms with Gasteiger partial charge in [0, 0.05) is 28.4 Å². The van der Waals surface area contributed by atoms with Crippen LogP contribution in [0.5, 0.6) is 0 Å². The monoisotopic (exact) mass is 373 g/mol. The fourth-order valence-corrected chi connectivity index (χ4v) is 3.69. The number of nitrogens with zero attached hydrogens (tertiary/aromatic N) is 2. The van der Waals surface area contributed by atoms with Crippen LogP contribution in [-0.2, 0) is 11.3 Å². The maximum atomic E-state index is 12.6. The molecule has 0 spiro atoms. The second-order valence-electron chi connectivity index (χ2n) is 6.37. The van der Waals surface area contributed by atoms with Crippen molar-refractivity contribution in [3.63, 3.8) is 0 Å². The highest BCUT2D eigenvalue weighted by Gasteiger charge is 2.18. The Hall–Kier alpha value is -2.05. The number of hydrogen-bond donors (Lipinski definition) is 1. The third-order valence-electron chi connectivity index (χ3n) is 4.40. The molecular weight excluding hydrogens is 346 g/mol. The molecule has 0 aliphatic rings. The normalized spacial score (nSPS) is 11.0. The standard InChI is InChI=1S/C20H27N3O2S/c1-6-23-14(2)11-16(15(23)3)18(24)12-22(4)13-20(25)21-17-9-7-8-10-19(17)26-5/h7-11H,6,12-13H2,1-5H3,(H,21,25). The molecule has 0 unspecified atom stereocenters. The topological polar surface area (TPSA) is 54.3 Å². The molecule has 0 aliphatic heterocycles. The van der Waals surface area contributed by atoms with Gasteiger partial charge >= 0.3 is 0 Å². The maximum Gasteiger partial charge on any atom is 0.238 e. The van der Waals surface area contributed by atoms with Crippen molar-refractivity contribution in [3.8, 4) is 0 Å². The largest absolute Gasteiger partial charge is 0.349 e. The number of rotatable bonds is 8. The summed E-state index contributed by atoms with van der Waals surface area (Å²) in [5.41, 5.74) is 3.62. The number of amides is 1. The van der Waals surface area contributed by atoms with Gasteiger partial charge in [0.2, 0.25) is 5.91 Å². The van der Waals surface area contributed by atoms with Crippen molar-refractivity contribution < 1.29 is 9.59 Å². The molecule has 0 fully saturated rings. The van der Waals surface area contributed by atoms with Crippen molar-refractivity contribution >= 4 is 29.1 Å². The smallest absolute Gasteiger partial charge is 0.238 e. The van der Waals surface area contributed by atoms with Crippen LogP contribution in [0.15, 0.2) is 35.2 Å². The molecule has 0 radical (unpaired) electrons. The number of aromatic nitrogens is 1. The van der Waals surface area contributed by atoms with E-state index in [1.807, 2.05) is 50.4 Å². The fourth-order valence-electron chi connectivity index (χ4n) is 3.14. The first-order chi connectivity index (χ1) is 12.4. The lowest BCUT2D eigenvalue weighted by Gasteiger charge is -2.16. The SMILES string of the molecule is CCn1c(C)cc(C(=O)CN(C)CC(=O)Nc2ccccc2SC)c1C. The highest BCUT2D eigenvalue weighted by molar-refractivity contribution is 7.98. The van der Waals surface area contributed by atoms with E-state index in [4.69, 9.17) is 0 Å². The maximum absolute atomic E-state index is 12.6. The summed E-state index contributed by atoms with van der Waals surface area (Å²) in [6.45, 7) is 7.27. The number of anilines is 1. The second-order valence-corrected chi connectivity index (χ2v) is 7.22. The number of carbonyl (C=O) groups excluding carboxylic acids is 2. The Morgan fingerprint density at radius 1 is 1.19 bits per heavy atom. The lowest BCUT2D eigenvalue weighted by atomic mass is 10.1. The van der Waals surface area contributed by atoms with Crippen molar-refractivity contribution in [2.24, 2.45) is 0 Å². The van der Waals surface area contributed by atoms with E-state index in [9.17, 15) is 9.59 Å². The van der Waals surface area contributed by atoms with Gasteiger partial charge in [-0.15, -0.1) is 11.8 Å². The van der Waals surface area contributed by atoms with E-state index in [1.54, 1.807) is 23.7 Å². The fraction of sp³-hybridized carbons (Fsp3) is 0.400. The Morgan fingerprint density at radius 3 is 2.50 bits per heavy atom. The summed E-state index contributed by atoms with van der Waals surface area (Å²) in [5, 5.41) is 2.92. The Bertz CT molecular complexity index is 798. The van der Waals surface area contributed by atoms with Gasteiger partial charge in [0.05, 0.1) is 18.8 Å². The van der Waals surface area contributed by atoms with E-state index in [0.717, 1.165) is 34.1 Å². The van der Waals surface area contributed by atoms with Crippen molar-refractivity contribution in [2.45, 2.75) is 32.2 Å². The van der Waals surface area contributed by atoms with Crippen LogP contribution < -0.4 is 5.32 Å². The summed E-state index contributed by atoms with van der Waals surface area (Å²) in [5.74, 6) is -0.0848. The first-order valence-electron chi connectivity index (χ1n) is 8.68. The van der Waals surface area contributed by atoms with Crippen LogP contribution in [0.3, 0.4) is 0 Å². The molecule has 5 nitrogen and oxygen atoms in total. The number of carbonyl (C=O) groups is 2. The molecule has 0 saturated carbocycles. The molecule has 6 heteroatoms. The van der Waals surface area contributed by atoms with E-state index in [-0.39, 0.29) is 24.8 Å². The van der Waals surface area contributed by atoms with E-state index in [0.29, 0.717) is 0 Å². The highest BCUT2D eigenvalue weighted by Crippen LogP contribution is 2.24. The van der Waals surface area contributed by atoms with E-state index in [2.05, 4.69) is 16.8 Å². The van der Waals surface area contributed by atoms with Gasteiger partial charge in [0.25, 0.3) is 0 Å². The van der Waals surface area contributed by atoms with Gasteiger partial charge in [-0.3, -0.25) is 14.5 Å². The van der Waals surface area contributed by atoms with Crippen LogP contribution in [0.1, 0.15) is 28.7 Å². The highest BCUT2D eigenvalue weighted by atomic mass is 32.2. The Morgan fingerprint density at radius 2 is 1.88 bits per heavy atom. The summed E-state index contributed by atoms with van der Waals surface area (Å²) in [4.78, 5) is 27.7. The number of para-hydroxylation sites is 1. The number of hydrogen-bond acceptors (Lipinski definition) is 4. The van der Waals surface area contributed by atoms with Crippen LogP contribution in [-0.4, -0.2) is 47.6 Å². The summed E-state index contributed by atoms with van der Waals surface area (Å²) in [6.07, 6.45) is 1.97. The number of thioether (sulfide) groups is 1. The molecule has 0 bridgehead atoms. The Balaban J connectivity index is 1.96. The quantitative estimate of drug-likeness (QED) is 0.567. The van der Waals surface area contributed by atoms with Crippen LogP contribution >= 0.6 is 11.8 Å². The lowest BCUT2D eigenvalue weighted by molar-refractivity contribution is -0.116. The number of nitrogens with one attached hydrogen (secondary N) is 1. The molecule has 0 aliphatic carbocycles. The van der Waals surface area contributed by atoms with Gasteiger partial charge in [-0.25, -0.2) is 0 Å². The molecule has 26 heavy (non-hydrogen) atoms. The van der Waals surface area contributed by atoms with Gasteiger partial charge in [-0.05, 0) is 52.3 Å². The number of likely N-dealkylation sites (N-methyl/N-ethyl adjacent to an activating group) is 1. The van der Waals surface area contributed by atoms with Crippen molar-refractivity contribution in [3.05, 3.63) is 47.3 Å². The minimum absolute atomic E-state index is 0.0395. The second kappa shape index (κ2) is 9.05. The average molecular weight is 374 g/mol. The van der Waals surface area contributed by atoms with Gasteiger partial charge in [-0.1, -0.05) is 12.1 Å². The van der Waals surface area contributed by atoms with E-state index >= 15 is 0 Å². The van der Waals surface area contributed by atoms with Crippen LogP contribution in [0.25, 0.3) is 0 Å². The van der Waals surface area contributed by atoms with Crippen LogP contribution in [0.4, 0.5) is 5.69 Å². The molecule has 1 heterocycles. The number of Topliss-reactive ketones (excluding diaryl/α,β-unsaturated/α-hetero) is 1. The zero-order valence-corrected chi connectivity index (χ0v) is 16.9. The van der Waals surface area contributed by atoms with Crippen LogP contribution in [0, 0.1) is 13.8 Å². The zero-order chi connectivity index (χ0) is 19.3. The van der Waals surface area contributed by atoms with Crippen LogP contribution in [0.2, 0.25) is 0 Å². The predicted octanol–water partition coefficient (Wildman–Crippen LogP) is 3.60. The summed E-state index contributed by atoms with van der Waals surface area (Å²) in [6, 6.07) is 9.63. The summed E-state index contributed by atoms with van der Waals surface area (Å²) >= 11 is 1.59. The van der Waals surface area contributed by atoms with Gasteiger partial charge in [0.1, 0.15) is 0 Å². The van der Waals surface area contributed by atoms with E-state index < -0.39 is 0 Å². The van der Waals surface area contributed by atoms with Crippen molar-refractivity contribution in [1.82, 2.24) is 9.47 Å². The molecule has 2 rings (SSSR count). The van der Waals surface area contributed by atoms with Crippen molar-refractivity contribution in [1.29, 1.82) is 0 Å². The van der Waals surface area contributed by atoms with Gasteiger partial charge in [0.15, 0.2) is 5.78 Å². The molecule has 2 aromatic rings. The van der Waals surface area contributed by atoms with Gasteiger partial charge in [-0.2, -0.15) is 0 Å². The minimum Gasteiger partial charge on any atom is -0.349 e. The number of ketones is 1. The summed E-state index contributed by atoms with van der Waals surface area (Å²) < 4.78 is 2.12. The predicted molar refractivity (Wildman–Crippen MR) is 108 cm³/mol. The Kier molecular flexibility index (Phi) is 7.06. The molecule has 1 aromatic heterocycles. The van der Waals surface area contributed by atoms with Gasteiger partial charge < -0.3 is 9.88 Å². The molecule has 1 aromatic carbocycles. The molecule has 140 valence electrons. The minimum atomic E-state index is -0.124. The molecule has 0 atom stereocenters. The zero-order valence-electron chi connectivity index (χ0n) is 16.1. The average Bonchev–Trinajstić information content (AvgIpc) is 2.89. The molecule has 1 amide bonds. The third-order valence-corrected chi connectivity index (χ3v) is 5.19. The molecule has 0 saturated heterocycles. The molecule has 1 N–H and O–H groups in total. The van der Waals surface area contributed by atoms with Crippen molar-refractivity contribution in [2.75, 3.05) is 31.7 Å². The number of benzene rings is 1. The first-order valence-corrected chi connectivity index (χ1v) is 9.91. The summed E-state index contributed by atoms with van der Waals surface area (Å²) in [7, 11) is 1.79. The lowest BCUT2D eigenvalue weighted by Crippen LogP contribution is -2.34.